The van der Waals surface area contributed by atoms with Gasteiger partial charge >= 0.3 is 0 Å². The van der Waals surface area contributed by atoms with Crippen LogP contribution in [0.3, 0.4) is 0 Å². The number of benzene rings is 1. The van der Waals surface area contributed by atoms with Crippen LogP contribution in [0, 0.1) is 19.8 Å². The van der Waals surface area contributed by atoms with Crippen LogP contribution in [0.2, 0.25) is 0 Å². The van der Waals surface area contributed by atoms with Gasteiger partial charge in [0.2, 0.25) is 0 Å². The van der Waals surface area contributed by atoms with Crippen LogP contribution in [0.1, 0.15) is 75.1 Å². The van der Waals surface area contributed by atoms with Crippen molar-refractivity contribution in [3.8, 4) is 0 Å². The molecule has 1 aromatic rings. The smallest absolute Gasteiger partial charge is 0.0294 e. The summed E-state index contributed by atoms with van der Waals surface area (Å²) in [6.07, 6.45) is 8.55. The highest BCUT2D eigenvalue weighted by atomic mass is 14.9. The van der Waals surface area contributed by atoms with Gasteiger partial charge in [0.25, 0.3) is 0 Å². The highest BCUT2D eigenvalue weighted by Gasteiger charge is 2.20. The highest BCUT2D eigenvalue weighted by Crippen LogP contribution is 2.27. The van der Waals surface area contributed by atoms with E-state index in [1.165, 1.54) is 55.2 Å². The van der Waals surface area contributed by atoms with Crippen molar-refractivity contribution in [2.45, 2.75) is 78.3 Å². The third-order valence-electron chi connectivity index (χ3n) is 5.15. The minimum Gasteiger partial charge on any atom is -0.307 e. The summed E-state index contributed by atoms with van der Waals surface area (Å²) in [6, 6.07) is 7.95. The SMILES string of the molecule is Cc1ccc(C(C)N[C@@H](C)C2CCCCCC2)cc1C. The van der Waals surface area contributed by atoms with Crippen LogP contribution in [0.5, 0.6) is 0 Å². The molecule has 1 N–H and O–H groups in total. The van der Waals surface area contributed by atoms with Gasteiger partial charge in [-0.15, -0.1) is 0 Å². The summed E-state index contributed by atoms with van der Waals surface area (Å²) in [5.41, 5.74) is 4.21. The number of nitrogens with one attached hydrogen (secondary N) is 1. The Labute approximate surface area is 125 Å². The van der Waals surface area contributed by atoms with E-state index in [1.807, 2.05) is 0 Å². The molecule has 0 radical (unpaired) electrons. The van der Waals surface area contributed by atoms with Gasteiger partial charge in [-0.05, 0) is 63.1 Å². The maximum atomic E-state index is 3.84. The first-order valence-corrected chi connectivity index (χ1v) is 8.41. The van der Waals surface area contributed by atoms with E-state index < -0.39 is 0 Å². The lowest BCUT2D eigenvalue weighted by molar-refractivity contribution is 0.316. The molecule has 0 aliphatic heterocycles. The fourth-order valence-corrected chi connectivity index (χ4v) is 3.47. The Hall–Kier alpha value is -0.820. The first kappa shape index (κ1) is 15.6. The second-order valence-electron chi connectivity index (χ2n) is 6.77. The van der Waals surface area contributed by atoms with Crippen molar-refractivity contribution in [1.29, 1.82) is 0 Å². The molecule has 2 atom stereocenters. The van der Waals surface area contributed by atoms with E-state index in [2.05, 4.69) is 51.2 Å². The number of hydrogen-bond donors (Lipinski definition) is 1. The van der Waals surface area contributed by atoms with Crippen molar-refractivity contribution >= 4 is 0 Å². The van der Waals surface area contributed by atoms with Gasteiger partial charge in [-0.2, -0.15) is 0 Å². The van der Waals surface area contributed by atoms with E-state index in [-0.39, 0.29) is 0 Å². The molecule has 2 rings (SSSR count). The van der Waals surface area contributed by atoms with Gasteiger partial charge in [0.1, 0.15) is 0 Å². The first-order chi connectivity index (χ1) is 9.58. The molecule has 0 aromatic heterocycles. The normalized spacial score (nSPS) is 20.4. The third-order valence-corrected chi connectivity index (χ3v) is 5.15. The molecule has 0 amide bonds. The summed E-state index contributed by atoms with van der Waals surface area (Å²) in [4.78, 5) is 0. The highest BCUT2D eigenvalue weighted by molar-refractivity contribution is 5.31. The van der Waals surface area contributed by atoms with Crippen LogP contribution in [0.25, 0.3) is 0 Å². The van der Waals surface area contributed by atoms with Gasteiger partial charge in [0, 0.05) is 12.1 Å². The van der Waals surface area contributed by atoms with E-state index in [0.717, 1.165) is 5.92 Å². The predicted molar refractivity (Wildman–Crippen MR) is 88.1 cm³/mol. The number of hydrogen-bond acceptors (Lipinski definition) is 1. The standard InChI is InChI=1S/C19H31N/c1-14-11-12-19(13-15(14)2)17(4)20-16(3)18-9-7-5-6-8-10-18/h11-13,16-18,20H,5-10H2,1-4H3/t16-,17?/m0/s1. The van der Waals surface area contributed by atoms with Crippen LogP contribution in [0.4, 0.5) is 0 Å². The Morgan fingerprint density at radius 3 is 2.20 bits per heavy atom. The topological polar surface area (TPSA) is 12.0 Å². The molecule has 1 unspecified atom stereocenters. The summed E-state index contributed by atoms with van der Waals surface area (Å²) in [6.45, 7) is 9.08. The average Bonchev–Trinajstić information content (AvgIpc) is 2.70. The fraction of sp³-hybridized carbons (Fsp3) is 0.684. The van der Waals surface area contributed by atoms with Crippen LogP contribution in [-0.2, 0) is 0 Å². The minimum atomic E-state index is 0.451. The van der Waals surface area contributed by atoms with Crippen LogP contribution < -0.4 is 5.32 Å². The van der Waals surface area contributed by atoms with Gasteiger partial charge in [0.15, 0.2) is 0 Å². The quantitative estimate of drug-likeness (QED) is 0.733. The Morgan fingerprint density at radius 2 is 1.60 bits per heavy atom. The fourth-order valence-electron chi connectivity index (χ4n) is 3.47. The predicted octanol–water partition coefficient (Wildman–Crippen LogP) is 5.31. The van der Waals surface area contributed by atoms with Gasteiger partial charge in [-0.1, -0.05) is 43.9 Å². The second-order valence-corrected chi connectivity index (χ2v) is 6.77. The van der Waals surface area contributed by atoms with Gasteiger partial charge in [0.05, 0.1) is 0 Å². The van der Waals surface area contributed by atoms with Crippen molar-refractivity contribution in [3.63, 3.8) is 0 Å². The lowest BCUT2D eigenvalue weighted by Crippen LogP contribution is -2.35. The van der Waals surface area contributed by atoms with Crippen molar-refractivity contribution < 1.29 is 0 Å². The Kier molecular flexibility index (Phi) is 5.65. The molecule has 20 heavy (non-hydrogen) atoms. The number of aryl methyl sites for hydroxylation is 2. The van der Waals surface area contributed by atoms with E-state index in [1.54, 1.807) is 0 Å². The van der Waals surface area contributed by atoms with E-state index in [4.69, 9.17) is 0 Å². The molecule has 1 aliphatic rings. The summed E-state index contributed by atoms with van der Waals surface area (Å²) in [7, 11) is 0. The van der Waals surface area contributed by atoms with E-state index in [0.29, 0.717) is 12.1 Å². The summed E-state index contributed by atoms with van der Waals surface area (Å²) in [5.74, 6) is 0.867. The minimum absolute atomic E-state index is 0.451. The van der Waals surface area contributed by atoms with Crippen LogP contribution >= 0.6 is 0 Å². The van der Waals surface area contributed by atoms with E-state index >= 15 is 0 Å². The molecule has 0 spiro atoms. The number of rotatable bonds is 4. The monoisotopic (exact) mass is 273 g/mol. The first-order valence-electron chi connectivity index (χ1n) is 8.41. The van der Waals surface area contributed by atoms with Gasteiger partial charge < -0.3 is 5.32 Å². The van der Waals surface area contributed by atoms with Crippen molar-refractivity contribution in [2.75, 3.05) is 0 Å². The molecule has 0 heterocycles. The zero-order chi connectivity index (χ0) is 14.5. The zero-order valence-electron chi connectivity index (χ0n) is 13.7. The van der Waals surface area contributed by atoms with E-state index in [9.17, 15) is 0 Å². The average molecular weight is 273 g/mol. The lowest BCUT2D eigenvalue weighted by atomic mass is 9.91. The van der Waals surface area contributed by atoms with Gasteiger partial charge in [-0.25, -0.2) is 0 Å². The zero-order valence-corrected chi connectivity index (χ0v) is 13.7. The van der Waals surface area contributed by atoms with Crippen LogP contribution in [-0.4, -0.2) is 6.04 Å². The summed E-state index contributed by atoms with van der Waals surface area (Å²) < 4.78 is 0. The third kappa shape index (κ3) is 4.09. The molecule has 1 saturated carbocycles. The Balaban J connectivity index is 1.95. The maximum Gasteiger partial charge on any atom is 0.0294 e. The molecule has 1 heteroatoms. The molecule has 1 fully saturated rings. The molecule has 112 valence electrons. The second kappa shape index (κ2) is 7.26. The summed E-state index contributed by atoms with van der Waals surface area (Å²) in [5, 5.41) is 3.84. The molecular formula is C19H31N. The Bertz CT molecular complexity index is 416. The van der Waals surface area contributed by atoms with Crippen molar-refractivity contribution in [2.24, 2.45) is 5.92 Å². The van der Waals surface area contributed by atoms with Crippen molar-refractivity contribution in [3.05, 3.63) is 34.9 Å². The molecule has 1 nitrogen and oxygen atoms in total. The lowest BCUT2D eigenvalue weighted by Gasteiger charge is -2.27. The van der Waals surface area contributed by atoms with Crippen LogP contribution in [0.15, 0.2) is 18.2 Å². The van der Waals surface area contributed by atoms with Crippen molar-refractivity contribution in [1.82, 2.24) is 5.32 Å². The molecule has 1 aromatic carbocycles. The van der Waals surface area contributed by atoms with Gasteiger partial charge in [-0.3, -0.25) is 0 Å². The maximum absolute atomic E-state index is 3.84. The molecule has 0 bridgehead atoms. The largest absolute Gasteiger partial charge is 0.307 e. The molecule has 0 saturated heterocycles. The Morgan fingerprint density at radius 1 is 0.950 bits per heavy atom. The molecular weight excluding hydrogens is 242 g/mol. The summed E-state index contributed by atoms with van der Waals surface area (Å²) >= 11 is 0. The molecule has 1 aliphatic carbocycles.